The number of nitrogens with one attached hydrogen (secondary N) is 1. The molecule has 0 saturated carbocycles. The van der Waals surface area contributed by atoms with Crippen molar-refractivity contribution in [1.82, 2.24) is 15.1 Å². The summed E-state index contributed by atoms with van der Waals surface area (Å²) in [6, 6.07) is 23.0. The van der Waals surface area contributed by atoms with Gasteiger partial charge in [-0.05, 0) is 11.1 Å². The Morgan fingerprint density at radius 1 is 1.00 bits per heavy atom. The third-order valence-corrected chi connectivity index (χ3v) is 5.60. The van der Waals surface area contributed by atoms with Crippen molar-refractivity contribution in [2.75, 3.05) is 46.9 Å². The minimum atomic E-state index is -0.447. The molecule has 0 aromatic heterocycles. The molecule has 1 fully saturated rings. The third kappa shape index (κ3) is 5.95. The minimum absolute atomic E-state index is 0.0760. The van der Waals surface area contributed by atoms with Gasteiger partial charge in [0.2, 0.25) is 0 Å². The Morgan fingerprint density at radius 3 is 2.00 bits per heavy atom. The number of carbonyl (C=O) groups excluding carboxylic acids is 1. The first kappa shape index (κ1) is 23.5. The van der Waals surface area contributed by atoms with Crippen LogP contribution in [0.3, 0.4) is 0 Å². The van der Waals surface area contributed by atoms with Crippen LogP contribution in [-0.4, -0.2) is 68.9 Å². The van der Waals surface area contributed by atoms with Crippen LogP contribution in [0.15, 0.2) is 72.4 Å². The Bertz CT molecular complexity index is 876. The minimum Gasteiger partial charge on any atom is -0.385 e. The smallest absolute Gasteiger partial charge is 0.266 e. The summed E-state index contributed by atoms with van der Waals surface area (Å²) >= 11 is 0. The van der Waals surface area contributed by atoms with Gasteiger partial charge in [-0.1, -0.05) is 60.7 Å². The quantitative estimate of drug-likeness (QED) is 0.371. The summed E-state index contributed by atoms with van der Waals surface area (Å²) in [7, 11) is 3.07. The van der Waals surface area contributed by atoms with Gasteiger partial charge in [0.15, 0.2) is 6.29 Å². The summed E-state index contributed by atoms with van der Waals surface area (Å²) in [4.78, 5) is 17.0. The van der Waals surface area contributed by atoms with Gasteiger partial charge in [-0.25, -0.2) is 0 Å². The van der Waals surface area contributed by atoms with Gasteiger partial charge in [0, 0.05) is 46.6 Å². The van der Waals surface area contributed by atoms with E-state index in [0.717, 1.165) is 13.1 Å². The standard InChI is InChI=1S/C25H30N4O3/c1-31-23(32-2)19-27-18-22(17-26)25(30)29-15-13-28(14-16-29)24(20-9-5-3-6-10-20)21-11-7-4-8-12-21/h3-12,18,23-24,27H,13-16,19H2,1-2H3/b22-18-. The van der Waals surface area contributed by atoms with Crippen molar-refractivity contribution in [3.05, 3.63) is 83.6 Å². The summed E-state index contributed by atoms with van der Waals surface area (Å²) in [5, 5.41) is 12.4. The Hall–Kier alpha value is -3.18. The molecule has 0 aliphatic carbocycles. The number of methoxy groups -OCH3 is 2. The molecule has 0 bridgehead atoms. The molecule has 0 unspecified atom stereocenters. The predicted octanol–water partition coefficient (Wildman–Crippen LogP) is 2.54. The van der Waals surface area contributed by atoms with Crippen molar-refractivity contribution in [1.29, 1.82) is 5.26 Å². The first-order valence-corrected chi connectivity index (χ1v) is 10.7. The van der Waals surface area contributed by atoms with Crippen LogP contribution in [0.25, 0.3) is 0 Å². The largest absolute Gasteiger partial charge is 0.385 e. The van der Waals surface area contributed by atoms with Gasteiger partial charge in [0.05, 0.1) is 12.6 Å². The van der Waals surface area contributed by atoms with Gasteiger partial charge in [-0.2, -0.15) is 5.26 Å². The highest BCUT2D eigenvalue weighted by atomic mass is 16.7. The van der Waals surface area contributed by atoms with E-state index in [1.807, 2.05) is 18.2 Å². The molecule has 1 aliphatic heterocycles. The SMILES string of the molecule is COC(CN/C=C(/C#N)C(=O)N1CCN(C(c2ccccc2)c2ccccc2)CC1)OC. The molecule has 3 rings (SSSR count). The van der Waals surface area contributed by atoms with Crippen molar-refractivity contribution >= 4 is 5.91 Å². The summed E-state index contributed by atoms with van der Waals surface area (Å²) in [6.45, 7) is 2.91. The molecule has 0 spiro atoms. The van der Waals surface area contributed by atoms with E-state index in [2.05, 4.69) is 58.7 Å². The lowest BCUT2D eigenvalue weighted by molar-refractivity contribution is -0.128. The summed E-state index contributed by atoms with van der Waals surface area (Å²) < 4.78 is 10.2. The lowest BCUT2D eigenvalue weighted by Gasteiger charge is -2.39. The molecule has 1 saturated heterocycles. The molecule has 2 aromatic rings. The molecule has 7 nitrogen and oxygen atoms in total. The van der Waals surface area contributed by atoms with E-state index in [1.165, 1.54) is 31.5 Å². The molecule has 1 heterocycles. The lowest BCUT2D eigenvalue weighted by atomic mass is 9.96. The number of carbonyl (C=O) groups is 1. The van der Waals surface area contributed by atoms with Gasteiger partial charge in [-0.15, -0.1) is 0 Å². The first-order chi connectivity index (χ1) is 15.7. The Kier molecular flexibility index (Phi) is 8.81. The van der Waals surface area contributed by atoms with Gasteiger partial charge in [0.25, 0.3) is 5.91 Å². The van der Waals surface area contributed by atoms with Crippen LogP contribution in [0.5, 0.6) is 0 Å². The van der Waals surface area contributed by atoms with E-state index >= 15 is 0 Å². The Labute approximate surface area is 189 Å². The number of ether oxygens (including phenoxy) is 2. The summed E-state index contributed by atoms with van der Waals surface area (Å²) in [5.74, 6) is -0.262. The van der Waals surface area contributed by atoms with Crippen LogP contribution in [0.4, 0.5) is 0 Å². The number of piperazine rings is 1. The average molecular weight is 435 g/mol. The fraction of sp³-hybridized carbons (Fsp3) is 0.360. The van der Waals surface area contributed by atoms with Crippen LogP contribution >= 0.6 is 0 Å². The maximum atomic E-state index is 12.9. The van der Waals surface area contributed by atoms with Gasteiger partial charge in [0.1, 0.15) is 11.6 Å². The number of nitriles is 1. The predicted molar refractivity (Wildman–Crippen MR) is 122 cm³/mol. The number of nitrogens with zero attached hydrogens (tertiary/aromatic N) is 3. The number of rotatable bonds is 9. The van der Waals surface area contributed by atoms with Crippen LogP contribution in [0.1, 0.15) is 17.2 Å². The molecule has 2 aromatic carbocycles. The van der Waals surface area contributed by atoms with E-state index in [4.69, 9.17) is 9.47 Å². The molecule has 7 heteroatoms. The van der Waals surface area contributed by atoms with Crippen LogP contribution < -0.4 is 5.32 Å². The second-order valence-corrected chi connectivity index (χ2v) is 7.53. The van der Waals surface area contributed by atoms with Gasteiger partial charge < -0.3 is 19.7 Å². The molecular formula is C25H30N4O3. The monoisotopic (exact) mass is 434 g/mol. The molecule has 1 N–H and O–H groups in total. The highest BCUT2D eigenvalue weighted by Crippen LogP contribution is 2.29. The molecule has 32 heavy (non-hydrogen) atoms. The molecular weight excluding hydrogens is 404 g/mol. The molecule has 168 valence electrons. The van der Waals surface area contributed by atoms with Crippen LogP contribution in [-0.2, 0) is 14.3 Å². The number of amides is 1. The highest BCUT2D eigenvalue weighted by molar-refractivity contribution is 5.97. The maximum Gasteiger partial charge on any atom is 0.266 e. The van der Waals surface area contributed by atoms with Gasteiger partial charge in [-0.3, -0.25) is 9.69 Å². The number of hydrogen-bond donors (Lipinski definition) is 1. The molecule has 1 aliphatic rings. The zero-order valence-corrected chi connectivity index (χ0v) is 18.6. The second-order valence-electron chi connectivity index (χ2n) is 7.53. The van der Waals surface area contributed by atoms with E-state index in [9.17, 15) is 10.1 Å². The third-order valence-electron chi connectivity index (χ3n) is 5.60. The van der Waals surface area contributed by atoms with Crippen molar-refractivity contribution in [2.24, 2.45) is 0 Å². The zero-order valence-electron chi connectivity index (χ0n) is 18.6. The first-order valence-electron chi connectivity index (χ1n) is 10.7. The Balaban J connectivity index is 1.66. The van der Waals surface area contributed by atoms with Crippen molar-refractivity contribution < 1.29 is 14.3 Å². The molecule has 0 atom stereocenters. The van der Waals surface area contributed by atoms with E-state index < -0.39 is 6.29 Å². The fourth-order valence-electron chi connectivity index (χ4n) is 3.90. The number of hydrogen-bond acceptors (Lipinski definition) is 6. The van der Waals surface area contributed by atoms with Crippen molar-refractivity contribution in [3.8, 4) is 6.07 Å². The summed E-state index contributed by atoms with van der Waals surface area (Å²) in [5.41, 5.74) is 2.53. The average Bonchev–Trinajstić information content (AvgIpc) is 2.86. The van der Waals surface area contributed by atoms with E-state index in [-0.39, 0.29) is 17.5 Å². The maximum absolute atomic E-state index is 12.9. The molecule has 1 amide bonds. The van der Waals surface area contributed by atoms with Crippen molar-refractivity contribution in [3.63, 3.8) is 0 Å². The molecule has 0 radical (unpaired) electrons. The second kappa shape index (κ2) is 12.0. The normalized spacial score (nSPS) is 15.1. The lowest BCUT2D eigenvalue weighted by Crippen LogP contribution is -2.50. The Morgan fingerprint density at radius 2 is 1.53 bits per heavy atom. The van der Waals surface area contributed by atoms with Crippen LogP contribution in [0, 0.1) is 11.3 Å². The van der Waals surface area contributed by atoms with Gasteiger partial charge >= 0.3 is 0 Å². The summed E-state index contributed by atoms with van der Waals surface area (Å²) in [6.07, 6.45) is 0.994. The highest BCUT2D eigenvalue weighted by Gasteiger charge is 2.29. The fourth-order valence-corrected chi connectivity index (χ4v) is 3.90. The van der Waals surface area contributed by atoms with Crippen LogP contribution in [0.2, 0.25) is 0 Å². The van der Waals surface area contributed by atoms with E-state index in [0.29, 0.717) is 19.6 Å². The van der Waals surface area contributed by atoms with E-state index in [1.54, 1.807) is 4.90 Å². The number of benzene rings is 2. The zero-order chi connectivity index (χ0) is 22.8. The van der Waals surface area contributed by atoms with Crippen molar-refractivity contribution in [2.45, 2.75) is 12.3 Å². The topological polar surface area (TPSA) is 77.8 Å².